The first-order valence-corrected chi connectivity index (χ1v) is 4.33. The van der Waals surface area contributed by atoms with Crippen LogP contribution < -0.4 is 5.73 Å². The van der Waals surface area contributed by atoms with Gasteiger partial charge in [0.15, 0.2) is 0 Å². The highest BCUT2D eigenvalue weighted by Crippen LogP contribution is 2.41. The molecule has 1 saturated carbocycles. The molecule has 0 spiro atoms. The van der Waals surface area contributed by atoms with Gasteiger partial charge in [0.2, 0.25) is 0 Å². The molecule has 3 heteroatoms. The lowest BCUT2D eigenvalue weighted by Crippen LogP contribution is -2.41. The van der Waals surface area contributed by atoms with Crippen LogP contribution in [0, 0.1) is 0 Å². The fraction of sp³-hybridized carbons (Fsp3) is 0.556. The van der Waals surface area contributed by atoms with Gasteiger partial charge in [-0.3, -0.25) is 0 Å². The molecule has 2 N–H and O–H groups in total. The Morgan fingerprint density at radius 2 is 2.00 bits per heavy atom. The van der Waals surface area contributed by atoms with Gasteiger partial charge in [-0.1, -0.05) is 6.42 Å². The van der Waals surface area contributed by atoms with Crippen LogP contribution >= 0.6 is 0 Å². The van der Waals surface area contributed by atoms with Gasteiger partial charge < -0.3 is 5.73 Å². The van der Waals surface area contributed by atoms with E-state index in [2.05, 4.69) is 9.97 Å². The molecular formula is C9H13N3. The van der Waals surface area contributed by atoms with Crippen molar-refractivity contribution in [1.82, 2.24) is 9.97 Å². The average molecular weight is 163 g/mol. The highest BCUT2D eigenvalue weighted by molar-refractivity contribution is 5.22. The summed E-state index contributed by atoms with van der Waals surface area (Å²) in [5.41, 5.74) is 7.16. The molecule has 0 unspecified atom stereocenters. The van der Waals surface area contributed by atoms with Crippen molar-refractivity contribution >= 4 is 0 Å². The molecule has 0 atom stereocenters. The maximum absolute atomic E-state index is 5.75. The quantitative estimate of drug-likeness (QED) is 0.703. The number of hydrogen-bond donors (Lipinski definition) is 1. The third-order valence-corrected chi connectivity index (χ3v) is 2.87. The van der Waals surface area contributed by atoms with Gasteiger partial charge in [0.25, 0.3) is 0 Å². The summed E-state index contributed by atoms with van der Waals surface area (Å²) >= 11 is 0. The van der Waals surface area contributed by atoms with Crippen LogP contribution in [0.2, 0.25) is 0 Å². The van der Waals surface area contributed by atoms with E-state index in [-0.39, 0.29) is 5.41 Å². The van der Waals surface area contributed by atoms with Gasteiger partial charge in [-0.2, -0.15) is 0 Å². The van der Waals surface area contributed by atoms with Crippen LogP contribution in [0.3, 0.4) is 0 Å². The molecule has 1 heterocycles. The van der Waals surface area contributed by atoms with Crippen LogP contribution in [-0.4, -0.2) is 16.5 Å². The van der Waals surface area contributed by atoms with Gasteiger partial charge in [0.1, 0.15) is 6.33 Å². The molecule has 64 valence electrons. The maximum Gasteiger partial charge on any atom is 0.115 e. The molecule has 1 aliphatic carbocycles. The Labute approximate surface area is 72.0 Å². The fourth-order valence-electron chi connectivity index (χ4n) is 1.79. The number of rotatable bonds is 2. The van der Waals surface area contributed by atoms with Crippen molar-refractivity contribution in [2.24, 2.45) is 5.73 Å². The first-order valence-electron chi connectivity index (χ1n) is 4.33. The Hall–Kier alpha value is -0.960. The standard InChI is InChI=1S/C9H13N3/c10-6-9(2-1-3-9)8-4-11-7-12-5-8/h4-5,7H,1-3,6,10H2. The lowest BCUT2D eigenvalue weighted by molar-refractivity contribution is 0.251. The number of aromatic nitrogens is 2. The number of nitrogens with zero attached hydrogens (tertiary/aromatic N) is 2. The molecule has 0 bridgehead atoms. The molecule has 0 aromatic carbocycles. The van der Waals surface area contributed by atoms with Crippen molar-refractivity contribution in [2.75, 3.05) is 6.54 Å². The summed E-state index contributed by atoms with van der Waals surface area (Å²) in [6, 6.07) is 0. The minimum Gasteiger partial charge on any atom is -0.330 e. The molecule has 1 aromatic heterocycles. The topological polar surface area (TPSA) is 51.8 Å². The highest BCUT2D eigenvalue weighted by atomic mass is 14.8. The Kier molecular flexibility index (Phi) is 1.81. The Morgan fingerprint density at radius 1 is 1.33 bits per heavy atom. The minimum absolute atomic E-state index is 0.210. The Bertz CT molecular complexity index is 248. The lowest BCUT2D eigenvalue weighted by atomic mass is 9.65. The third kappa shape index (κ3) is 1.01. The van der Waals surface area contributed by atoms with Gasteiger partial charge >= 0.3 is 0 Å². The van der Waals surface area contributed by atoms with E-state index < -0.39 is 0 Å². The smallest absolute Gasteiger partial charge is 0.115 e. The van der Waals surface area contributed by atoms with E-state index in [1.165, 1.54) is 24.8 Å². The van der Waals surface area contributed by atoms with Crippen molar-refractivity contribution in [3.63, 3.8) is 0 Å². The van der Waals surface area contributed by atoms with E-state index in [0.717, 1.165) is 6.54 Å². The largest absolute Gasteiger partial charge is 0.330 e. The first-order chi connectivity index (χ1) is 5.87. The Morgan fingerprint density at radius 3 is 2.42 bits per heavy atom. The van der Waals surface area contributed by atoms with Crippen molar-refractivity contribution in [3.05, 3.63) is 24.3 Å². The van der Waals surface area contributed by atoms with Crippen molar-refractivity contribution in [1.29, 1.82) is 0 Å². The van der Waals surface area contributed by atoms with E-state index in [1.807, 2.05) is 12.4 Å². The number of nitrogens with two attached hydrogens (primary N) is 1. The van der Waals surface area contributed by atoms with Crippen LogP contribution in [-0.2, 0) is 5.41 Å². The summed E-state index contributed by atoms with van der Waals surface area (Å²) in [5.74, 6) is 0. The van der Waals surface area contributed by atoms with Gasteiger partial charge in [0.05, 0.1) is 0 Å². The summed E-state index contributed by atoms with van der Waals surface area (Å²) in [7, 11) is 0. The van der Waals surface area contributed by atoms with Gasteiger partial charge in [-0.15, -0.1) is 0 Å². The van der Waals surface area contributed by atoms with E-state index in [4.69, 9.17) is 5.73 Å². The van der Waals surface area contributed by atoms with Crippen LogP contribution in [0.5, 0.6) is 0 Å². The second kappa shape index (κ2) is 2.83. The molecule has 12 heavy (non-hydrogen) atoms. The van der Waals surface area contributed by atoms with E-state index in [0.29, 0.717) is 0 Å². The Balaban J connectivity index is 2.28. The van der Waals surface area contributed by atoms with Crippen LogP contribution in [0.4, 0.5) is 0 Å². The average Bonchev–Trinajstić information content (AvgIpc) is 2.05. The summed E-state index contributed by atoms with van der Waals surface area (Å²) < 4.78 is 0. The number of hydrogen-bond acceptors (Lipinski definition) is 3. The molecular weight excluding hydrogens is 150 g/mol. The highest BCUT2D eigenvalue weighted by Gasteiger charge is 2.37. The van der Waals surface area contributed by atoms with Crippen LogP contribution in [0.25, 0.3) is 0 Å². The zero-order valence-electron chi connectivity index (χ0n) is 7.03. The van der Waals surface area contributed by atoms with Crippen LogP contribution in [0.15, 0.2) is 18.7 Å². The SMILES string of the molecule is NCC1(c2cncnc2)CCC1. The van der Waals surface area contributed by atoms with E-state index in [9.17, 15) is 0 Å². The van der Waals surface area contributed by atoms with Crippen molar-refractivity contribution in [2.45, 2.75) is 24.7 Å². The molecule has 2 rings (SSSR count). The molecule has 1 fully saturated rings. The predicted molar refractivity (Wildman–Crippen MR) is 46.6 cm³/mol. The second-order valence-electron chi connectivity index (χ2n) is 3.47. The maximum atomic E-state index is 5.75. The first kappa shape index (κ1) is 7.68. The molecule has 0 saturated heterocycles. The summed E-state index contributed by atoms with van der Waals surface area (Å²) in [6.07, 6.45) is 9.00. The fourth-order valence-corrected chi connectivity index (χ4v) is 1.79. The summed E-state index contributed by atoms with van der Waals surface area (Å²) in [6.45, 7) is 0.723. The minimum atomic E-state index is 0.210. The monoisotopic (exact) mass is 163 g/mol. The van der Waals surface area contributed by atoms with Crippen molar-refractivity contribution < 1.29 is 0 Å². The van der Waals surface area contributed by atoms with Gasteiger partial charge in [-0.05, 0) is 18.4 Å². The molecule has 0 amide bonds. The lowest BCUT2D eigenvalue weighted by Gasteiger charge is -2.40. The van der Waals surface area contributed by atoms with Crippen molar-refractivity contribution in [3.8, 4) is 0 Å². The summed E-state index contributed by atoms with van der Waals surface area (Å²) in [5, 5.41) is 0. The molecule has 3 nitrogen and oxygen atoms in total. The van der Waals surface area contributed by atoms with Crippen LogP contribution in [0.1, 0.15) is 24.8 Å². The predicted octanol–water partition coefficient (Wildman–Crippen LogP) is 0.857. The molecule has 1 aliphatic rings. The molecule has 0 aliphatic heterocycles. The molecule has 1 aromatic rings. The zero-order chi connectivity index (χ0) is 8.44. The third-order valence-electron chi connectivity index (χ3n) is 2.87. The second-order valence-corrected chi connectivity index (χ2v) is 3.47. The van der Waals surface area contributed by atoms with E-state index >= 15 is 0 Å². The summed E-state index contributed by atoms with van der Waals surface area (Å²) in [4.78, 5) is 8.03. The molecule has 0 radical (unpaired) electrons. The zero-order valence-corrected chi connectivity index (χ0v) is 7.03. The van der Waals surface area contributed by atoms with Gasteiger partial charge in [-0.25, -0.2) is 9.97 Å². The van der Waals surface area contributed by atoms with E-state index in [1.54, 1.807) is 6.33 Å². The van der Waals surface area contributed by atoms with Gasteiger partial charge in [0, 0.05) is 24.4 Å². The normalized spacial score (nSPS) is 20.1.